The van der Waals surface area contributed by atoms with E-state index in [-0.39, 0.29) is 13.1 Å². The number of carboxylic acid groups (broad SMARTS) is 1. The molecule has 0 bridgehead atoms. The molecule has 14 heavy (non-hydrogen) atoms. The van der Waals surface area contributed by atoms with Gasteiger partial charge in [-0.2, -0.15) is 0 Å². The van der Waals surface area contributed by atoms with Crippen LogP contribution in [0.5, 0.6) is 0 Å². The molecule has 0 saturated heterocycles. The van der Waals surface area contributed by atoms with Gasteiger partial charge in [0.15, 0.2) is 5.60 Å². The van der Waals surface area contributed by atoms with Crippen molar-refractivity contribution >= 4 is 5.97 Å². The predicted octanol–water partition coefficient (Wildman–Crippen LogP) is -0.427. The van der Waals surface area contributed by atoms with E-state index in [0.717, 1.165) is 0 Å². The fourth-order valence-electron chi connectivity index (χ4n) is 0.776. The molecule has 5 nitrogen and oxygen atoms in total. The number of aliphatic carboxylic acids is 1. The van der Waals surface area contributed by atoms with Crippen molar-refractivity contribution in [1.29, 1.82) is 0 Å². The van der Waals surface area contributed by atoms with Crippen molar-refractivity contribution < 1.29 is 20.1 Å². The lowest BCUT2D eigenvalue weighted by Gasteiger charge is -2.24. The second kappa shape index (κ2) is 4.72. The third-order valence-corrected chi connectivity index (χ3v) is 2.20. The van der Waals surface area contributed by atoms with E-state index in [1.54, 1.807) is 6.92 Å². The van der Waals surface area contributed by atoms with Crippen LogP contribution in [0.1, 0.15) is 27.2 Å². The summed E-state index contributed by atoms with van der Waals surface area (Å²) in [5.41, 5.74) is -2.65. The molecule has 0 aromatic carbocycles. The highest BCUT2D eigenvalue weighted by Gasteiger charge is 2.30. The van der Waals surface area contributed by atoms with Crippen LogP contribution in [0.25, 0.3) is 0 Å². The molecule has 5 heteroatoms. The molecule has 0 aromatic heterocycles. The van der Waals surface area contributed by atoms with Crippen molar-refractivity contribution in [3.63, 3.8) is 0 Å². The minimum Gasteiger partial charge on any atom is -0.479 e. The Morgan fingerprint density at radius 1 is 1.29 bits per heavy atom. The molecule has 84 valence electrons. The van der Waals surface area contributed by atoms with Crippen molar-refractivity contribution in [1.82, 2.24) is 5.32 Å². The van der Waals surface area contributed by atoms with Crippen LogP contribution < -0.4 is 5.32 Å². The zero-order valence-corrected chi connectivity index (χ0v) is 8.87. The first-order valence-corrected chi connectivity index (χ1v) is 4.60. The third-order valence-electron chi connectivity index (χ3n) is 2.20. The zero-order chi connectivity index (χ0) is 11.4. The van der Waals surface area contributed by atoms with E-state index in [1.165, 1.54) is 6.92 Å². The number of carbonyl (C=O) groups is 1. The lowest BCUT2D eigenvalue weighted by atomic mass is 10.0. The summed E-state index contributed by atoms with van der Waals surface area (Å²) in [7, 11) is 0. The first-order chi connectivity index (χ1) is 6.21. The van der Waals surface area contributed by atoms with Crippen molar-refractivity contribution in [2.75, 3.05) is 13.1 Å². The van der Waals surface area contributed by atoms with Crippen molar-refractivity contribution in [2.45, 2.75) is 38.4 Å². The molecule has 0 radical (unpaired) electrons. The SMILES string of the molecule is CCC(C)(O)CNCC(C)(O)C(=O)O. The van der Waals surface area contributed by atoms with Crippen LogP contribution in [-0.4, -0.2) is 45.6 Å². The number of hydrogen-bond acceptors (Lipinski definition) is 4. The van der Waals surface area contributed by atoms with Crippen LogP contribution in [0, 0.1) is 0 Å². The Hall–Kier alpha value is -0.650. The smallest absolute Gasteiger partial charge is 0.336 e. The molecule has 0 spiro atoms. The van der Waals surface area contributed by atoms with Gasteiger partial charge in [0.05, 0.1) is 5.60 Å². The van der Waals surface area contributed by atoms with Gasteiger partial charge in [-0.15, -0.1) is 0 Å². The standard InChI is InChI=1S/C9H19NO4/c1-4-8(2,13)5-10-6-9(3,14)7(11)12/h10,13-14H,4-6H2,1-3H3,(H,11,12). The van der Waals surface area contributed by atoms with Gasteiger partial charge in [0, 0.05) is 13.1 Å². The van der Waals surface area contributed by atoms with E-state index in [4.69, 9.17) is 5.11 Å². The molecular weight excluding hydrogens is 186 g/mol. The van der Waals surface area contributed by atoms with Crippen molar-refractivity contribution in [3.8, 4) is 0 Å². The molecule has 0 aliphatic rings. The van der Waals surface area contributed by atoms with Gasteiger partial charge >= 0.3 is 5.97 Å². The van der Waals surface area contributed by atoms with E-state index in [0.29, 0.717) is 6.42 Å². The van der Waals surface area contributed by atoms with E-state index < -0.39 is 17.2 Å². The second-order valence-corrected chi connectivity index (χ2v) is 4.03. The Morgan fingerprint density at radius 3 is 2.14 bits per heavy atom. The highest BCUT2D eigenvalue weighted by atomic mass is 16.4. The first kappa shape index (κ1) is 13.4. The van der Waals surface area contributed by atoms with E-state index in [9.17, 15) is 15.0 Å². The summed E-state index contributed by atoms with van der Waals surface area (Å²) in [6.45, 7) is 4.86. The fraction of sp³-hybridized carbons (Fsp3) is 0.889. The van der Waals surface area contributed by atoms with Gasteiger partial charge in [0.25, 0.3) is 0 Å². The summed E-state index contributed by atoms with van der Waals surface area (Å²) in [5, 5.41) is 30.2. The molecule has 0 fully saturated rings. The Kier molecular flexibility index (Phi) is 4.51. The molecule has 0 aromatic rings. The van der Waals surface area contributed by atoms with Gasteiger partial charge in [0.1, 0.15) is 0 Å². The van der Waals surface area contributed by atoms with Crippen LogP contribution in [-0.2, 0) is 4.79 Å². The number of nitrogens with one attached hydrogen (secondary N) is 1. The summed E-state index contributed by atoms with van der Waals surface area (Å²) in [5.74, 6) is -1.28. The molecule has 0 aliphatic heterocycles. The quantitative estimate of drug-likeness (QED) is 0.472. The highest BCUT2D eigenvalue weighted by molar-refractivity contribution is 5.76. The Bertz CT molecular complexity index is 201. The molecule has 4 N–H and O–H groups in total. The van der Waals surface area contributed by atoms with Gasteiger partial charge in [-0.3, -0.25) is 0 Å². The van der Waals surface area contributed by atoms with Crippen molar-refractivity contribution in [2.24, 2.45) is 0 Å². The van der Waals surface area contributed by atoms with E-state index >= 15 is 0 Å². The number of aliphatic hydroxyl groups is 2. The lowest BCUT2D eigenvalue weighted by molar-refractivity contribution is -0.156. The molecule has 0 amide bonds. The Morgan fingerprint density at radius 2 is 1.79 bits per heavy atom. The Labute approximate surface area is 83.8 Å². The van der Waals surface area contributed by atoms with Crippen molar-refractivity contribution in [3.05, 3.63) is 0 Å². The van der Waals surface area contributed by atoms with Crippen LogP contribution in [0.3, 0.4) is 0 Å². The maximum Gasteiger partial charge on any atom is 0.336 e. The average Bonchev–Trinajstić information content (AvgIpc) is 2.03. The first-order valence-electron chi connectivity index (χ1n) is 4.60. The third kappa shape index (κ3) is 4.55. The predicted molar refractivity (Wildman–Crippen MR) is 52.0 cm³/mol. The second-order valence-electron chi connectivity index (χ2n) is 4.03. The van der Waals surface area contributed by atoms with Crippen LogP contribution >= 0.6 is 0 Å². The summed E-state index contributed by atoms with van der Waals surface area (Å²) in [6.07, 6.45) is 0.565. The summed E-state index contributed by atoms with van der Waals surface area (Å²) in [4.78, 5) is 10.5. The van der Waals surface area contributed by atoms with Gasteiger partial charge in [-0.1, -0.05) is 6.92 Å². The maximum atomic E-state index is 10.5. The van der Waals surface area contributed by atoms with E-state index in [1.807, 2.05) is 6.92 Å². The largest absolute Gasteiger partial charge is 0.479 e. The highest BCUT2D eigenvalue weighted by Crippen LogP contribution is 2.07. The minimum atomic E-state index is -1.79. The summed E-state index contributed by atoms with van der Waals surface area (Å²) < 4.78 is 0. The fourth-order valence-corrected chi connectivity index (χ4v) is 0.776. The van der Waals surface area contributed by atoms with Gasteiger partial charge < -0.3 is 20.6 Å². The molecule has 0 heterocycles. The summed E-state index contributed by atoms with van der Waals surface area (Å²) in [6, 6.07) is 0. The molecule has 0 aliphatic carbocycles. The Balaban J connectivity index is 3.91. The molecule has 2 atom stereocenters. The van der Waals surface area contributed by atoms with Crippen LogP contribution in [0.15, 0.2) is 0 Å². The molecule has 0 rings (SSSR count). The van der Waals surface area contributed by atoms with E-state index in [2.05, 4.69) is 5.32 Å². The number of carboxylic acids is 1. The number of rotatable bonds is 6. The molecular formula is C9H19NO4. The van der Waals surface area contributed by atoms with Crippen LogP contribution in [0.4, 0.5) is 0 Å². The monoisotopic (exact) mass is 205 g/mol. The molecule has 2 unspecified atom stereocenters. The topological polar surface area (TPSA) is 89.8 Å². The van der Waals surface area contributed by atoms with Gasteiger partial charge in [0.2, 0.25) is 0 Å². The normalized spacial score (nSPS) is 19.8. The maximum absolute atomic E-state index is 10.5. The van der Waals surface area contributed by atoms with Gasteiger partial charge in [-0.25, -0.2) is 4.79 Å². The van der Waals surface area contributed by atoms with Crippen LogP contribution in [0.2, 0.25) is 0 Å². The lowest BCUT2D eigenvalue weighted by Crippen LogP contribution is -2.48. The van der Waals surface area contributed by atoms with Gasteiger partial charge in [-0.05, 0) is 20.3 Å². The average molecular weight is 205 g/mol. The number of hydrogen-bond donors (Lipinski definition) is 4. The zero-order valence-electron chi connectivity index (χ0n) is 8.87. The molecule has 0 saturated carbocycles. The summed E-state index contributed by atoms with van der Waals surface area (Å²) >= 11 is 0. The minimum absolute atomic E-state index is 0.0848.